The summed E-state index contributed by atoms with van der Waals surface area (Å²) in [7, 11) is 2.24. The number of nitrogens with zero attached hydrogens (tertiary/aromatic N) is 1. The van der Waals surface area contributed by atoms with Crippen LogP contribution >= 0.6 is 0 Å². The van der Waals surface area contributed by atoms with Crippen molar-refractivity contribution in [1.82, 2.24) is 10.2 Å². The molecule has 2 bridgehead atoms. The maximum absolute atomic E-state index is 12.1. The maximum Gasteiger partial charge on any atom is 0.223 e. The van der Waals surface area contributed by atoms with E-state index in [2.05, 4.69) is 48.5 Å². The van der Waals surface area contributed by atoms with Crippen LogP contribution < -0.4 is 5.32 Å². The number of nitrogens with one attached hydrogen (secondary N) is 1. The summed E-state index contributed by atoms with van der Waals surface area (Å²) in [6, 6.07) is 9.47. The van der Waals surface area contributed by atoms with Crippen molar-refractivity contribution in [2.24, 2.45) is 5.92 Å². The van der Waals surface area contributed by atoms with E-state index >= 15 is 0 Å². The molecule has 1 aromatic rings. The molecule has 22 heavy (non-hydrogen) atoms. The Morgan fingerprint density at radius 2 is 2.14 bits per heavy atom. The quantitative estimate of drug-likeness (QED) is 0.930. The number of piperidine rings is 1. The van der Waals surface area contributed by atoms with Crippen LogP contribution in [0, 0.1) is 5.92 Å². The number of hydrogen-bond acceptors (Lipinski definition) is 2. The molecule has 1 heterocycles. The van der Waals surface area contributed by atoms with Crippen LogP contribution in [0.3, 0.4) is 0 Å². The Morgan fingerprint density at radius 3 is 2.91 bits per heavy atom. The fourth-order valence-electron chi connectivity index (χ4n) is 4.53. The summed E-state index contributed by atoms with van der Waals surface area (Å²) >= 11 is 0. The molecule has 2 aliphatic carbocycles. The Morgan fingerprint density at radius 1 is 1.36 bits per heavy atom. The van der Waals surface area contributed by atoms with Gasteiger partial charge in [0.1, 0.15) is 0 Å². The van der Waals surface area contributed by atoms with Gasteiger partial charge in [0.2, 0.25) is 5.91 Å². The summed E-state index contributed by atoms with van der Waals surface area (Å²) in [5.74, 6) is 0.995. The number of rotatable bonds is 3. The molecule has 1 aromatic carbocycles. The predicted octanol–water partition coefficient (Wildman–Crippen LogP) is 2.66. The van der Waals surface area contributed by atoms with Crippen molar-refractivity contribution in [3.8, 4) is 0 Å². The zero-order valence-electron chi connectivity index (χ0n) is 13.6. The summed E-state index contributed by atoms with van der Waals surface area (Å²) in [5, 5.41) is 3.23. The van der Waals surface area contributed by atoms with Gasteiger partial charge in [0.05, 0.1) is 0 Å². The van der Waals surface area contributed by atoms with Gasteiger partial charge in [0, 0.05) is 24.4 Å². The van der Waals surface area contributed by atoms with Gasteiger partial charge < -0.3 is 10.2 Å². The number of amides is 1. The lowest BCUT2D eigenvalue weighted by Crippen LogP contribution is -2.54. The van der Waals surface area contributed by atoms with Gasteiger partial charge in [-0.3, -0.25) is 4.79 Å². The van der Waals surface area contributed by atoms with Crippen molar-refractivity contribution in [1.29, 1.82) is 0 Å². The van der Waals surface area contributed by atoms with E-state index in [0.717, 1.165) is 25.9 Å². The first-order chi connectivity index (χ1) is 10.6. The highest BCUT2D eigenvalue weighted by atomic mass is 16.2. The number of carbonyl (C=O) groups excluding carboxylic acids is 1. The Bertz CT molecular complexity index is 595. The van der Waals surface area contributed by atoms with Gasteiger partial charge in [-0.1, -0.05) is 31.2 Å². The van der Waals surface area contributed by atoms with Crippen molar-refractivity contribution >= 4 is 5.91 Å². The standard InChI is InChI=1S/C19H26N2O/c1-19-9-10-21(2)17(11-19)15(12-20-18(22)13-7-8-13)14-5-3-4-6-16(14)19/h3-6,13,15,17H,7-12H2,1-2H3,(H,20,22)/t15-,17?,19?/m0/s1. The highest BCUT2D eigenvalue weighted by molar-refractivity contribution is 5.80. The molecule has 3 atom stereocenters. The molecule has 2 fully saturated rings. The number of likely N-dealkylation sites (N-methyl/N-ethyl adjacent to an activating group) is 1. The van der Waals surface area contributed by atoms with Crippen LogP contribution in [0.2, 0.25) is 0 Å². The summed E-state index contributed by atoms with van der Waals surface area (Å²) < 4.78 is 0. The van der Waals surface area contributed by atoms with Crippen molar-refractivity contribution in [2.75, 3.05) is 20.1 Å². The fourth-order valence-corrected chi connectivity index (χ4v) is 4.53. The van der Waals surface area contributed by atoms with Gasteiger partial charge in [0.25, 0.3) is 0 Å². The van der Waals surface area contributed by atoms with Crippen LogP contribution in [0.5, 0.6) is 0 Å². The van der Waals surface area contributed by atoms with Gasteiger partial charge >= 0.3 is 0 Å². The maximum atomic E-state index is 12.1. The molecule has 3 nitrogen and oxygen atoms in total. The third kappa shape index (κ3) is 2.26. The van der Waals surface area contributed by atoms with Crippen molar-refractivity contribution in [2.45, 2.75) is 50.0 Å². The molecule has 1 amide bonds. The molecular formula is C19H26N2O. The van der Waals surface area contributed by atoms with Gasteiger partial charge in [-0.05, 0) is 55.8 Å². The number of carbonyl (C=O) groups is 1. The van der Waals surface area contributed by atoms with E-state index in [1.165, 1.54) is 24.0 Å². The largest absolute Gasteiger partial charge is 0.355 e. The molecule has 0 aromatic heterocycles. The van der Waals surface area contributed by atoms with E-state index in [4.69, 9.17) is 0 Å². The molecule has 2 unspecified atom stereocenters. The Balaban J connectivity index is 1.64. The molecule has 1 saturated heterocycles. The van der Waals surface area contributed by atoms with Crippen molar-refractivity contribution in [3.63, 3.8) is 0 Å². The third-order valence-electron chi connectivity index (χ3n) is 6.16. The number of benzene rings is 1. The van der Waals surface area contributed by atoms with E-state index in [1.54, 1.807) is 0 Å². The first-order valence-corrected chi connectivity index (χ1v) is 8.66. The molecule has 4 rings (SSSR count). The molecule has 1 aliphatic heterocycles. The van der Waals surface area contributed by atoms with E-state index in [0.29, 0.717) is 23.3 Å². The molecule has 0 spiro atoms. The van der Waals surface area contributed by atoms with Crippen molar-refractivity contribution < 1.29 is 4.79 Å². The highest BCUT2D eigenvalue weighted by Gasteiger charge is 2.46. The third-order valence-corrected chi connectivity index (χ3v) is 6.16. The number of fused-ring (bicyclic) bond motifs is 4. The van der Waals surface area contributed by atoms with Crippen LogP contribution in [0.25, 0.3) is 0 Å². The van der Waals surface area contributed by atoms with Gasteiger partial charge in [0.15, 0.2) is 0 Å². The average Bonchev–Trinajstić information content (AvgIpc) is 3.36. The smallest absolute Gasteiger partial charge is 0.223 e. The molecule has 0 radical (unpaired) electrons. The first kappa shape index (κ1) is 14.3. The van der Waals surface area contributed by atoms with Crippen LogP contribution in [0.1, 0.15) is 49.7 Å². The molecular weight excluding hydrogens is 272 g/mol. The zero-order valence-corrected chi connectivity index (χ0v) is 13.6. The van der Waals surface area contributed by atoms with Crippen LogP contribution in [0.15, 0.2) is 24.3 Å². The summed E-state index contributed by atoms with van der Waals surface area (Å²) in [5.41, 5.74) is 3.29. The monoisotopic (exact) mass is 298 g/mol. The first-order valence-electron chi connectivity index (χ1n) is 8.66. The number of likely N-dealkylation sites (tertiary alicyclic amines) is 1. The minimum atomic E-state index is 0.268. The normalized spacial score (nSPS) is 34.1. The van der Waals surface area contributed by atoms with Gasteiger partial charge in [-0.2, -0.15) is 0 Å². The minimum absolute atomic E-state index is 0.268. The SMILES string of the molecule is CN1CCC2(C)CC1[C@@H](CNC(=O)C1CC1)c1ccccc12. The molecule has 1 N–H and O–H groups in total. The second-order valence-corrected chi connectivity index (χ2v) is 7.78. The van der Waals surface area contributed by atoms with Crippen LogP contribution in [0.4, 0.5) is 0 Å². The Labute approximate surface area is 133 Å². The lowest BCUT2D eigenvalue weighted by molar-refractivity contribution is -0.122. The highest BCUT2D eigenvalue weighted by Crippen LogP contribution is 2.48. The lowest BCUT2D eigenvalue weighted by atomic mass is 9.61. The molecule has 1 saturated carbocycles. The Hall–Kier alpha value is -1.35. The topological polar surface area (TPSA) is 32.3 Å². The van der Waals surface area contributed by atoms with Gasteiger partial charge in [-0.15, -0.1) is 0 Å². The fraction of sp³-hybridized carbons (Fsp3) is 0.632. The predicted molar refractivity (Wildman–Crippen MR) is 87.9 cm³/mol. The average molecular weight is 298 g/mol. The van der Waals surface area contributed by atoms with E-state index < -0.39 is 0 Å². The van der Waals surface area contributed by atoms with Crippen LogP contribution in [-0.4, -0.2) is 37.0 Å². The van der Waals surface area contributed by atoms with E-state index in [1.807, 2.05) is 0 Å². The Kier molecular flexibility index (Phi) is 3.30. The van der Waals surface area contributed by atoms with E-state index in [9.17, 15) is 4.79 Å². The zero-order chi connectivity index (χ0) is 15.3. The summed E-state index contributed by atoms with van der Waals surface area (Å²) in [4.78, 5) is 14.6. The van der Waals surface area contributed by atoms with Crippen molar-refractivity contribution in [3.05, 3.63) is 35.4 Å². The second-order valence-electron chi connectivity index (χ2n) is 7.78. The summed E-state index contributed by atoms with van der Waals surface area (Å²) in [6.45, 7) is 4.37. The minimum Gasteiger partial charge on any atom is -0.355 e. The van der Waals surface area contributed by atoms with E-state index in [-0.39, 0.29) is 5.91 Å². The lowest BCUT2D eigenvalue weighted by Gasteiger charge is -2.52. The summed E-state index contributed by atoms with van der Waals surface area (Å²) in [6.07, 6.45) is 4.60. The van der Waals surface area contributed by atoms with Crippen LogP contribution in [-0.2, 0) is 10.2 Å². The second kappa shape index (κ2) is 5.09. The molecule has 3 aliphatic rings. The number of hydrogen-bond donors (Lipinski definition) is 1. The molecule has 118 valence electrons. The molecule has 3 heteroatoms. The van der Waals surface area contributed by atoms with Gasteiger partial charge in [-0.25, -0.2) is 0 Å².